The predicted molar refractivity (Wildman–Crippen MR) is 154 cm³/mol. The number of hydrogen-bond acceptors (Lipinski definition) is 11. The summed E-state index contributed by atoms with van der Waals surface area (Å²) in [6.45, 7) is 1.90. The molecule has 1 aromatic heterocycles. The molecule has 2 unspecified atom stereocenters. The minimum absolute atomic E-state index is 0.0132. The molecule has 2 aromatic carbocycles. The first-order chi connectivity index (χ1) is 19.9. The molecule has 0 aliphatic carbocycles. The fourth-order valence-corrected chi connectivity index (χ4v) is 6.05. The minimum atomic E-state index is -0.962. The summed E-state index contributed by atoms with van der Waals surface area (Å²) in [4.78, 5) is 50.5. The lowest BCUT2D eigenvalue weighted by molar-refractivity contribution is -0.154. The van der Waals surface area contributed by atoms with E-state index in [-0.39, 0.29) is 34.7 Å². The fourth-order valence-electron chi connectivity index (χ4n) is 4.32. The van der Waals surface area contributed by atoms with Gasteiger partial charge in [0, 0.05) is 22.9 Å². The summed E-state index contributed by atoms with van der Waals surface area (Å²) in [5.41, 5.74) is 7.27. The Balaban J connectivity index is 1.37. The Morgan fingerprint density at radius 3 is 2.41 bits per heavy atom. The number of rotatable bonds is 9. The number of carbonyl (C=O) groups excluding carboxylic acids is 3. The topological polar surface area (TPSA) is 149 Å². The van der Waals surface area contributed by atoms with Crippen LogP contribution in [0.1, 0.15) is 30.0 Å². The van der Waals surface area contributed by atoms with E-state index in [9.17, 15) is 14.4 Å². The molecule has 0 radical (unpaired) electrons. The summed E-state index contributed by atoms with van der Waals surface area (Å²) in [5.74, 6) is 0.796. The van der Waals surface area contributed by atoms with Gasteiger partial charge in [0.05, 0.1) is 0 Å². The van der Waals surface area contributed by atoms with Crippen LogP contribution in [-0.4, -0.2) is 61.5 Å². The monoisotopic (exact) mass is 588 g/mol. The van der Waals surface area contributed by atoms with Crippen molar-refractivity contribution in [3.05, 3.63) is 88.9 Å². The number of β-lactam (4-membered cyclic amide) rings is 1. The number of benzene rings is 2. The third-order valence-electron chi connectivity index (χ3n) is 6.21. The van der Waals surface area contributed by atoms with Gasteiger partial charge in [0.25, 0.3) is 11.8 Å². The van der Waals surface area contributed by atoms with Gasteiger partial charge in [0.1, 0.15) is 23.7 Å². The highest BCUT2D eigenvalue weighted by molar-refractivity contribution is 8.00. The van der Waals surface area contributed by atoms with Crippen LogP contribution in [0.4, 0.5) is 5.13 Å². The molecule has 1 saturated heterocycles. The van der Waals surface area contributed by atoms with Gasteiger partial charge >= 0.3 is 5.97 Å². The lowest BCUT2D eigenvalue weighted by Crippen LogP contribution is -2.71. The SMILES string of the molecule is C#CC1=C(C(=O)OC(c2ccccc2)c2ccccc2)N2C(=O)C(NC(=O)/C(=N/OCC)c3nsc(N)n3)C2SC1. The summed E-state index contributed by atoms with van der Waals surface area (Å²) < 4.78 is 10.0. The van der Waals surface area contributed by atoms with Crippen molar-refractivity contribution in [3.63, 3.8) is 0 Å². The molecule has 0 bridgehead atoms. The number of carbonyl (C=O) groups is 3. The van der Waals surface area contributed by atoms with Crippen molar-refractivity contribution < 1.29 is 24.0 Å². The Kier molecular flexibility index (Phi) is 8.32. The van der Waals surface area contributed by atoms with Crippen LogP contribution in [0.2, 0.25) is 0 Å². The van der Waals surface area contributed by atoms with Crippen molar-refractivity contribution in [2.24, 2.45) is 5.16 Å². The minimum Gasteiger partial charge on any atom is -0.448 e. The second-order valence-corrected chi connectivity index (χ2v) is 10.6. The highest BCUT2D eigenvalue weighted by atomic mass is 32.2. The van der Waals surface area contributed by atoms with Gasteiger partial charge in [-0.3, -0.25) is 14.5 Å². The summed E-state index contributed by atoms with van der Waals surface area (Å²) in [7, 11) is 0. The first-order valence-electron chi connectivity index (χ1n) is 12.5. The van der Waals surface area contributed by atoms with Crippen molar-refractivity contribution in [1.82, 2.24) is 19.6 Å². The lowest BCUT2D eigenvalue weighted by atomic mass is 10.0. The van der Waals surface area contributed by atoms with E-state index >= 15 is 0 Å². The van der Waals surface area contributed by atoms with Crippen LogP contribution in [0, 0.1) is 12.3 Å². The molecule has 0 spiro atoms. The van der Waals surface area contributed by atoms with Crippen molar-refractivity contribution in [2.45, 2.75) is 24.4 Å². The molecule has 3 heterocycles. The number of oxime groups is 1. The van der Waals surface area contributed by atoms with Gasteiger partial charge < -0.3 is 20.6 Å². The molecular formula is C28H24N6O5S2. The van der Waals surface area contributed by atoms with E-state index in [1.807, 2.05) is 60.7 Å². The number of amides is 2. The zero-order valence-electron chi connectivity index (χ0n) is 21.7. The number of nitrogens with one attached hydrogen (secondary N) is 1. The molecule has 208 valence electrons. The van der Waals surface area contributed by atoms with Crippen LogP contribution < -0.4 is 11.1 Å². The summed E-state index contributed by atoms with van der Waals surface area (Å²) in [6.07, 6.45) is 5.01. The maximum absolute atomic E-state index is 13.7. The summed E-state index contributed by atoms with van der Waals surface area (Å²) >= 11 is 2.22. The van der Waals surface area contributed by atoms with Crippen LogP contribution in [-0.2, 0) is 24.0 Å². The normalized spacial score (nSPS) is 18.3. The molecule has 11 nitrogen and oxygen atoms in total. The summed E-state index contributed by atoms with van der Waals surface area (Å²) in [6, 6.07) is 17.6. The van der Waals surface area contributed by atoms with Gasteiger partial charge in [0.2, 0.25) is 11.5 Å². The zero-order valence-corrected chi connectivity index (χ0v) is 23.4. The number of nitrogen functional groups attached to an aromatic ring is 1. The Hall–Kier alpha value is -4.67. The molecule has 1 fully saturated rings. The van der Waals surface area contributed by atoms with Gasteiger partial charge in [-0.1, -0.05) is 71.7 Å². The quantitative estimate of drug-likeness (QED) is 0.126. The van der Waals surface area contributed by atoms with Gasteiger partial charge in [0.15, 0.2) is 11.2 Å². The highest BCUT2D eigenvalue weighted by Gasteiger charge is 2.55. The predicted octanol–water partition coefficient (Wildman–Crippen LogP) is 2.48. The Morgan fingerprint density at radius 1 is 1.20 bits per heavy atom. The Morgan fingerprint density at radius 2 is 1.85 bits per heavy atom. The molecule has 3 aromatic rings. The van der Waals surface area contributed by atoms with Gasteiger partial charge in [-0.05, 0) is 18.1 Å². The van der Waals surface area contributed by atoms with Crippen LogP contribution in [0.15, 0.2) is 77.1 Å². The lowest BCUT2D eigenvalue weighted by Gasteiger charge is -2.49. The number of nitrogens with zero attached hydrogens (tertiary/aromatic N) is 4. The number of terminal acetylenes is 1. The fraction of sp³-hybridized carbons (Fsp3) is 0.214. The van der Waals surface area contributed by atoms with E-state index in [1.54, 1.807) is 6.92 Å². The number of thioether (sulfide) groups is 1. The molecule has 2 amide bonds. The van der Waals surface area contributed by atoms with Crippen molar-refractivity contribution in [2.75, 3.05) is 18.1 Å². The Labute approximate surface area is 244 Å². The third kappa shape index (κ3) is 5.65. The molecular weight excluding hydrogens is 564 g/mol. The standard InChI is InChI=1S/C28H24N6O5S2/c1-3-16-15-40-26-20(30-24(35)19(32-38-4-2)23-31-28(29)41-33-23)25(36)34(26)21(16)27(37)39-22(17-11-7-5-8-12-17)18-13-9-6-10-14-18/h1,5-14,20,22,26H,4,15H2,2H3,(H,30,35)(H2,29,31,33)/b32-19+. The maximum Gasteiger partial charge on any atom is 0.357 e. The number of fused-ring (bicyclic) bond motifs is 1. The van der Waals surface area contributed by atoms with Crippen molar-refractivity contribution in [1.29, 1.82) is 0 Å². The van der Waals surface area contributed by atoms with E-state index in [2.05, 4.69) is 25.8 Å². The number of esters is 1. The second-order valence-electron chi connectivity index (χ2n) is 8.75. The van der Waals surface area contributed by atoms with Crippen LogP contribution in [0.3, 0.4) is 0 Å². The van der Waals surface area contributed by atoms with Crippen LogP contribution in [0.25, 0.3) is 0 Å². The van der Waals surface area contributed by atoms with E-state index < -0.39 is 35.3 Å². The van der Waals surface area contributed by atoms with Crippen molar-refractivity contribution in [3.8, 4) is 12.3 Å². The zero-order chi connectivity index (χ0) is 28.9. The molecule has 2 atom stereocenters. The molecule has 0 saturated carbocycles. The molecule has 13 heteroatoms. The molecule has 41 heavy (non-hydrogen) atoms. The maximum atomic E-state index is 13.7. The van der Waals surface area contributed by atoms with E-state index in [0.717, 1.165) is 22.7 Å². The smallest absolute Gasteiger partial charge is 0.357 e. The van der Waals surface area contributed by atoms with E-state index in [1.165, 1.54) is 16.7 Å². The average Bonchev–Trinajstić information content (AvgIpc) is 3.44. The molecule has 5 rings (SSSR count). The van der Waals surface area contributed by atoms with Gasteiger partial charge in [-0.15, -0.1) is 18.2 Å². The third-order valence-corrected chi connectivity index (χ3v) is 8.03. The number of nitrogens with two attached hydrogens (primary N) is 1. The summed E-state index contributed by atoms with van der Waals surface area (Å²) in [5, 5.41) is 6.02. The van der Waals surface area contributed by atoms with E-state index in [4.69, 9.17) is 21.7 Å². The van der Waals surface area contributed by atoms with Gasteiger partial charge in [-0.2, -0.15) is 9.36 Å². The second kappa shape index (κ2) is 12.2. The molecule has 3 N–H and O–H groups in total. The van der Waals surface area contributed by atoms with Gasteiger partial charge in [-0.25, -0.2) is 4.79 Å². The highest BCUT2D eigenvalue weighted by Crippen LogP contribution is 2.41. The van der Waals surface area contributed by atoms with Crippen molar-refractivity contribution >= 4 is 51.9 Å². The first-order valence-corrected chi connectivity index (χ1v) is 14.3. The number of ether oxygens (including phenoxy) is 1. The molecule has 2 aliphatic heterocycles. The number of anilines is 1. The largest absolute Gasteiger partial charge is 0.448 e. The van der Waals surface area contributed by atoms with E-state index in [0.29, 0.717) is 5.57 Å². The average molecular weight is 589 g/mol. The first kappa shape index (κ1) is 27.9. The Bertz CT molecular complexity index is 1530. The number of hydrogen-bond donors (Lipinski definition) is 2. The van der Waals surface area contributed by atoms with Crippen LogP contribution in [0.5, 0.6) is 0 Å². The number of aromatic nitrogens is 2. The van der Waals surface area contributed by atoms with Crippen LogP contribution >= 0.6 is 23.3 Å². The molecule has 2 aliphatic rings.